The standard InChI is InChI=1S/C48H76N7O20P3S/c1-25(29-8-9-30-36-31(12-15-48(29,30)6)47(5)14-11-28(56)19-27(47)20-33(36)58)7-10-32(57)26(2)45(63)79-18-17-50-35(59)13-16-51-43(62)40(61)46(3,4)22-72-78(69,70)75-77(67,68)71-21-34-39(74-76(64,65)66)38(60)44(73-34)55-24-54-37-41(49)52-23-53-42(37)55/h20,23-26,28-32,34,36,38-40,44,56-57,60-61H,7-19,21-22H2,1-6H3,(H,50,59)(H,51,62)(H,67,68)(H,69,70)(H2,49,52,53)(H2,64,65,66)/t25-,26-,28+,29-,30+,31+,32-,34-,36+,38-,39-,40+,44-,47+,48-/m1/s1. The Morgan fingerprint density at radius 1 is 0.949 bits per heavy atom. The van der Waals surface area contributed by atoms with Gasteiger partial charge in [0.25, 0.3) is 0 Å². The van der Waals surface area contributed by atoms with Crippen molar-refractivity contribution < 1.29 is 95.5 Å². The Hall–Kier alpha value is -3.11. The molecule has 7 rings (SSSR count). The molecule has 17 atom stereocenters. The molecule has 0 spiro atoms. The number of nitrogens with zero attached hydrogens (tertiary/aromatic N) is 4. The number of allylic oxidation sites excluding steroid dienone is 1. The van der Waals surface area contributed by atoms with E-state index in [4.69, 9.17) is 19.5 Å². The number of rotatable bonds is 25. The van der Waals surface area contributed by atoms with Crippen molar-refractivity contribution in [3.63, 3.8) is 0 Å². The van der Waals surface area contributed by atoms with Gasteiger partial charge in [-0.1, -0.05) is 58.9 Å². The lowest BCUT2D eigenvalue weighted by molar-refractivity contribution is -0.137. The number of phosphoric acid groups is 3. The predicted molar refractivity (Wildman–Crippen MR) is 282 cm³/mol. The molecule has 5 aliphatic rings. The Bertz CT molecular complexity index is 2750. The average molecular weight is 1200 g/mol. The van der Waals surface area contributed by atoms with Gasteiger partial charge < -0.3 is 61.1 Å². The second kappa shape index (κ2) is 25.0. The summed E-state index contributed by atoms with van der Waals surface area (Å²) in [6.45, 7) is 8.87. The summed E-state index contributed by atoms with van der Waals surface area (Å²) in [6, 6.07) is 0. The number of hydrogen-bond acceptors (Lipinski definition) is 21. The number of ketones is 1. The molecule has 1 aliphatic heterocycles. The second-order valence-corrected chi connectivity index (χ2v) is 28.3. The summed E-state index contributed by atoms with van der Waals surface area (Å²) in [7, 11) is -16.5. The van der Waals surface area contributed by atoms with Crippen molar-refractivity contribution in [1.29, 1.82) is 0 Å². The van der Waals surface area contributed by atoms with Crippen molar-refractivity contribution in [1.82, 2.24) is 30.2 Å². The Labute approximate surface area is 461 Å². The van der Waals surface area contributed by atoms with Crippen molar-refractivity contribution in [3.05, 3.63) is 24.3 Å². The SMILES string of the molecule is C[C@H](CC[C@@H](O)[C@@H](C)C(=O)SCCNC(=O)CCNC(=O)[C@H](O)C(C)(C)COP(=O)(O)OP(=O)(O)OC[C@H]1O[C@@H](n2cnc3c(N)ncnc32)[C@H](O)[C@@H]1OP(=O)(O)O)[C@H]1CC[C@H]2[C@@H]3C(=O)C=C4C[C@@H](O)CC[C@]4(C)[C@H]3CC[C@]12C. The van der Waals surface area contributed by atoms with Crippen LogP contribution in [-0.2, 0) is 55.5 Å². The second-order valence-electron chi connectivity index (χ2n) is 23.0. The highest BCUT2D eigenvalue weighted by Gasteiger charge is 2.61. The van der Waals surface area contributed by atoms with Crippen molar-refractivity contribution in [2.75, 3.05) is 37.8 Å². The van der Waals surface area contributed by atoms with Gasteiger partial charge in [0.1, 0.15) is 36.3 Å². The molecule has 3 heterocycles. The Balaban J connectivity index is 0.776. The van der Waals surface area contributed by atoms with Crippen LogP contribution in [0.3, 0.4) is 0 Å². The highest BCUT2D eigenvalue weighted by Crippen LogP contribution is 2.67. The molecule has 2 unspecified atom stereocenters. The molecule has 444 valence electrons. The van der Waals surface area contributed by atoms with E-state index in [0.717, 1.165) is 79.5 Å². The number of carbonyl (C=O) groups is 4. The number of ether oxygens (including phenoxy) is 1. The van der Waals surface area contributed by atoms with E-state index in [-0.39, 0.29) is 81.9 Å². The third-order valence-electron chi connectivity index (χ3n) is 17.3. The largest absolute Gasteiger partial charge is 0.481 e. The first-order chi connectivity index (χ1) is 36.8. The number of nitrogen functional groups attached to an aromatic ring is 1. The number of phosphoric ester groups is 3. The number of nitrogens with one attached hydrogen (secondary N) is 2. The summed E-state index contributed by atoms with van der Waals surface area (Å²) in [5.41, 5.74) is 5.33. The van der Waals surface area contributed by atoms with Gasteiger partial charge in [0, 0.05) is 36.6 Å². The van der Waals surface area contributed by atoms with E-state index in [1.807, 2.05) is 6.08 Å². The van der Waals surface area contributed by atoms with E-state index in [2.05, 4.69) is 55.2 Å². The maximum Gasteiger partial charge on any atom is 0.481 e. The summed E-state index contributed by atoms with van der Waals surface area (Å²) < 4.78 is 62.7. The minimum absolute atomic E-state index is 0.00240. The van der Waals surface area contributed by atoms with E-state index < -0.39 is 96.6 Å². The number of aliphatic hydroxyl groups is 4. The lowest BCUT2D eigenvalue weighted by Crippen LogP contribution is -2.53. The van der Waals surface area contributed by atoms with Crippen molar-refractivity contribution in [3.8, 4) is 0 Å². The molecule has 0 bridgehead atoms. The topological polar surface area (TPSA) is 421 Å². The molecule has 2 amide bonds. The van der Waals surface area contributed by atoms with Crippen molar-refractivity contribution in [2.24, 2.45) is 51.8 Å². The van der Waals surface area contributed by atoms with E-state index in [9.17, 15) is 72.9 Å². The predicted octanol–water partition coefficient (Wildman–Crippen LogP) is 3.20. The lowest BCUT2D eigenvalue weighted by atomic mass is 9.46. The molecule has 27 nitrogen and oxygen atoms in total. The van der Waals surface area contributed by atoms with Crippen LogP contribution in [0.5, 0.6) is 0 Å². The summed E-state index contributed by atoms with van der Waals surface area (Å²) in [4.78, 5) is 104. The summed E-state index contributed by atoms with van der Waals surface area (Å²) >= 11 is 0.988. The fourth-order valence-electron chi connectivity index (χ4n) is 12.8. The number of carbonyl (C=O) groups excluding carboxylic acids is 4. The van der Waals surface area contributed by atoms with Crippen LogP contribution in [0.15, 0.2) is 24.3 Å². The van der Waals surface area contributed by atoms with Crippen molar-refractivity contribution >= 4 is 74.9 Å². The maximum absolute atomic E-state index is 13.7. The van der Waals surface area contributed by atoms with Crippen LogP contribution in [0, 0.1) is 51.8 Å². The molecule has 4 aliphatic carbocycles. The van der Waals surface area contributed by atoms with Crippen LogP contribution in [0.1, 0.15) is 112 Å². The molecule has 2 aromatic heterocycles. The maximum atomic E-state index is 13.7. The Morgan fingerprint density at radius 2 is 1.66 bits per heavy atom. The van der Waals surface area contributed by atoms with Gasteiger partial charge >= 0.3 is 23.5 Å². The number of aromatic nitrogens is 4. The zero-order valence-corrected chi connectivity index (χ0v) is 48.4. The van der Waals surface area contributed by atoms with Gasteiger partial charge in [-0.2, -0.15) is 4.31 Å². The molecule has 0 radical (unpaired) electrons. The van der Waals surface area contributed by atoms with Gasteiger partial charge in [-0.3, -0.25) is 37.3 Å². The molecule has 79 heavy (non-hydrogen) atoms. The fourth-order valence-corrected chi connectivity index (χ4v) is 16.5. The molecule has 31 heteroatoms. The number of anilines is 1. The first-order valence-corrected chi connectivity index (χ1v) is 31.9. The number of hydrogen-bond donors (Lipinski definition) is 11. The third-order valence-corrected chi connectivity index (χ3v) is 21.5. The quantitative estimate of drug-likeness (QED) is 0.0502. The van der Waals surface area contributed by atoms with Gasteiger partial charge in [0.2, 0.25) is 11.8 Å². The number of nitrogens with two attached hydrogens (primary N) is 1. The fraction of sp³-hybridized carbons (Fsp3) is 0.771. The van der Waals surface area contributed by atoms with E-state index in [1.165, 1.54) is 13.8 Å². The summed E-state index contributed by atoms with van der Waals surface area (Å²) in [5.74, 6) is -0.458. The smallest absolute Gasteiger partial charge is 0.393 e. The summed E-state index contributed by atoms with van der Waals surface area (Å²) in [5, 5.41) is 48.0. The van der Waals surface area contributed by atoms with Crippen LogP contribution >= 0.6 is 35.2 Å². The Morgan fingerprint density at radius 3 is 2.37 bits per heavy atom. The third kappa shape index (κ3) is 14.6. The Kier molecular flexibility index (Phi) is 20.1. The molecule has 1 saturated heterocycles. The number of thioether (sulfide) groups is 1. The van der Waals surface area contributed by atoms with Gasteiger partial charge in [-0.15, -0.1) is 0 Å². The number of fused-ring (bicyclic) bond motifs is 6. The highest BCUT2D eigenvalue weighted by atomic mass is 32.2. The van der Waals surface area contributed by atoms with Gasteiger partial charge in [-0.25, -0.2) is 28.6 Å². The number of aliphatic hydroxyl groups excluding tert-OH is 4. The van der Waals surface area contributed by atoms with Crippen LogP contribution < -0.4 is 16.4 Å². The highest BCUT2D eigenvalue weighted by molar-refractivity contribution is 8.13. The van der Waals surface area contributed by atoms with Gasteiger partial charge in [0.15, 0.2) is 28.6 Å². The first kappa shape index (κ1) is 63.5. The lowest BCUT2D eigenvalue weighted by Gasteiger charge is -2.57. The van der Waals surface area contributed by atoms with E-state index in [0.29, 0.717) is 30.6 Å². The molecule has 3 saturated carbocycles. The zero-order chi connectivity index (χ0) is 58.2. The number of amides is 2. The molecule has 12 N–H and O–H groups in total. The van der Waals surface area contributed by atoms with Crippen molar-refractivity contribution in [2.45, 2.75) is 149 Å². The molecule has 0 aromatic carbocycles. The zero-order valence-electron chi connectivity index (χ0n) is 44.9. The monoisotopic (exact) mass is 1200 g/mol. The minimum Gasteiger partial charge on any atom is -0.393 e. The van der Waals surface area contributed by atoms with Gasteiger partial charge in [-0.05, 0) is 98.4 Å². The molecule has 2 aromatic rings. The average Bonchev–Trinajstić information content (AvgIpc) is 4.08. The molecular formula is C48H76N7O20P3S. The van der Waals surface area contributed by atoms with Crippen LogP contribution in [-0.4, -0.2) is 151 Å². The van der Waals surface area contributed by atoms with E-state index in [1.54, 1.807) is 6.92 Å². The van der Waals surface area contributed by atoms with Gasteiger partial charge in [0.05, 0.1) is 37.7 Å². The van der Waals surface area contributed by atoms with E-state index >= 15 is 0 Å². The minimum atomic E-state index is -5.61. The first-order valence-electron chi connectivity index (χ1n) is 26.4. The summed E-state index contributed by atoms with van der Waals surface area (Å²) in [6.07, 6.45) is 1.06. The number of imidazole rings is 1. The van der Waals surface area contributed by atoms with Crippen LogP contribution in [0.4, 0.5) is 5.82 Å². The molecular weight excluding hydrogens is 1120 g/mol. The normalized spacial score (nSPS) is 32.1. The van der Waals surface area contributed by atoms with Crippen LogP contribution in [0.25, 0.3) is 11.2 Å². The van der Waals surface area contributed by atoms with Crippen LogP contribution in [0.2, 0.25) is 0 Å². The molecule has 4 fully saturated rings.